The van der Waals surface area contributed by atoms with Crippen molar-refractivity contribution in [3.8, 4) is 22.1 Å². The number of thiazole rings is 1. The Labute approximate surface area is 139 Å². The molecule has 0 fully saturated rings. The number of hydrogen-bond donors (Lipinski definition) is 1. The molecule has 2 rings (SSSR count). The topological polar surface area (TPSA) is 68.7 Å². The van der Waals surface area contributed by atoms with E-state index < -0.39 is 5.97 Å². The van der Waals surface area contributed by atoms with Gasteiger partial charge in [-0.1, -0.05) is 19.8 Å². The van der Waals surface area contributed by atoms with E-state index in [1.54, 1.807) is 14.0 Å². The zero-order chi connectivity index (χ0) is 16.8. The number of carboxylic acids is 1. The third kappa shape index (κ3) is 4.22. The Morgan fingerprint density at radius 2 is 2.09 bits per heavy atom. The van der Waals surface area contributed by atoms with Crippen LogP contribution in [-0.4, -0.2) is 29.8 Å². The molecule has 1 heterocycles. The van der Waals surface area contributed by atoms with Gasteiger partial charge in [-0.15, -0.1) is 11.3 Å². The zero-order valence-corrected chi connectivity index (χ0v) is 14.4. The van der Waals surface area contributed by atoms with Gasteiger partial charge in [0.05, 0.1) is 19.4 Å². The maximum atomic E-state index is 11.1. The predicted octanol–water partition coefficient (Wildman–Crippen LogP) is 4.39. The van der Waals surface area contributed by atoms with Crippen LogP contribution in [0.4, 0.5) is 0 Å². The molecule has 0 amide bonds. The minimum atomic E-state index is -0.950. The molecule has 124 valence electrons. The summed E-state index contributed by atoms with van der Waals surface area (Å²) in [6, 6.07) is 5.55. The Bertz CT molecular complexity index is 681. The zero-order valence-electron chi connectivity index (χ0n) is 13.6. The average molecular weight is 335 g/mol. The van der Waals surface area contributed by atoms with E-state index in [0.29, 0.717) is 28.8 Å². The third-order valence-corrected chi connectivity index (χ3v) is 4.60. The number of rotatable bonds is 8. The molecule has 0 aliphatic rings. The van der Waals surface area contributed by atoms with E-state index in [2.05, 4.69) is 11.9 Å². The van der Waals surface area contributed by atoms with Crippen molar-refractivity contribution in [2.24, 2.45) is 0 Å². The van der Waals surface area contributed by atoms with Crippen molar-refractivity contribution in [1.29, 1.82) is 0 Å². The van der Waals surface area contributed by atoms with Gasteiger partial charge in [0.1, 0.15) is 9.88 Å². The Morgan fingerprint density at radius 3 is 2.70 bits per heavy atom. The summed E-state index contributed by atoms with van der Waals surface area (Å²) in [5, 5.41) is 9.80. The number of nitrogens with zero attached hydrogens (tertiary/aromatic N) is 1. The molecule has 0 atom stereocenters. The van der Waals surface area contributed by atoms with Gasteiger partial charge in [-0.25, -0.2) is 9.78 Å². The number of carboxylic acid groups (broad SMARTS) is 1. The van der Waals surface area contributed by atoms with Crippen molar-refractivity contribution in [3.05, 3.63) is 28.8 Å². The number of aryl methyl sites for hydroxylation is 1. The SMILES string of the molecule is CCCCCOc1ccc(-c2nc(C)c(C(=O)O)s2)cc1OC. The fourth-order valence-corrected chi connectivity index (χ4v) is 3.07. The molecule has 6 heteroatoms. The summed E-state index contributed by atoms with van der Waals surface area (Å²) < 4.78 is 11.1. The minimum Gasteiger partial charge on any atom is -0.493 e. The van der Waals surface area contributed by atoms with E-state index in [0.717, 1.165) is 36.2 Å². The minimum absolute atomic E-state index is 0.263. The van der Waals surface area contributed by atoms with E-state index in [4.69, 9.17) is 14.6 Å². The molecule has 1 N–H and O–H groups in total. The van der Waals surface area contributed by atoms with Gasteiger partial charge >= 0.3 is 5.97 Å². The van der Waals surface area contributed by atoms with E-state index in [1.165, 1.54) is 0 Å². The first kappa shape index (κ1) is 17.3. The van der Waals surface area contributed by atoms with Crippen LogP contribution < -0.4 is 9.47 Å². The van der Waals surface area contributed by atoms with Gasteiger partial charge < -0.3 is 14.6 Å². The lowest BCUT2D eigenvalue weighted by Gasteiger charge is -2.11. The Hall–Kier alpha value is -2.08. The quantitative estimate of drug-likeness (QED) is 0.724. The monoisotopic (exact) mass is 335 g/mol. The number of hydrogen-bond acceptors (Lipinski definition) is 5. The second-order valence-corrected chi connectivity index (χ2v) is 6.16. The molecule has 23 heavy (non-hydrogen) atoms. The van der Waals surface area contributed by atoms with Crippen LogP contribution in [0.3, 0.4) is 0 Å². The first-order valence-electron chi connectivity index (χ1n) is 7.58. The van der Waals surface area contributed by atoms with Crippen molar-refractivity contribution in [2.75, 3.05) is 13.7 Å². The highest BCUT2D eigenvalue weighted by Crippen LogP contribution is 2.35. The molecule has 0 bridgehead atoms. The maximum absolute atomic E-state index is 11.1. The van der Waals surface area contributed by atoms with Gasteiger partial charge in [-0.3, -0.25) is 0 Å². The lowest BCUT2D eigenvalue weighted by atomic mass is 10.2. The molecule has 1 aromatic carbocycles. The Balaban J connectivity index is 2.21. The molecule has 2 aromatic rings. The standard InChI is InChI=1S/C17H21NO4S/c1-4-5-6-9-22-13-8-7-12(10-14(13)21-3)16-18-11(2)15(23-16)17(19)20/h7-8,10H,4-6,9H2,1-3H3,(H,19,20). The molecule has 0 saturated carbocycles. The van der Waals surface area contributed by atoms with Crippen LogP contribution in [0.15, 0.2) is 18.2 Å². The summed E-state index contributed by atoms with van der Waals surface area (Å²) >= 11 is 1.16. The molecule has 0 spiro atoms. The van der Waals surface area contributed by atoms with Crippen LogP contribution in [0, 0.1) is 6.92 Å². The Morgan fingerprint density at radius 1 is 1.30 bits per heavy atom. The lowest BCUT2D eigenvalue weighted by Crippen LogP contribution is -1.99. The molecule has 1 aromatic heterocycles. The molecular formula is C17H21NO4S. The fraction of sp³-hybridized carbons (Fsp3) is 0.412. The second-order valence-electron chi connectivity index (χ2n) is 5.16. The van der Waals surface area contributed by atoms with Crippen LogP contribution in [0.1, 0.15) is 41.6 Å². The molecular weight excluding hydrogens is 314 g/mol. The first-order chi connectivity index (χ1) is 11.1. The van der Waals surface area contributed by atoms with E-state index in [9.17, 15) is 4.79 Å². The van der Waals surface area contributed by atoms with Crippen molar-refractivity contribution in [1.82, 2.24) is 4.98 Å². The lowest BCUT2D eigenvalue weighted by molar-refractivity contribution is 0.0701. The summed E-state index contributed by atoms with van der Waals surface area (Å²) in [5.41, 5.74) is 1.35. The number of benzene rings is 1. The summed E-state index contributed by atoms with van der Waals surface area (Å²) in [6.45, 7) is 4.51. The smallest absolute Gasteiger partial charge is 0.347 e. The van der Waals surface area contributed by atoms with Crippen molar-refractivity contribution in [2.45, 2.75) is 33.1 Å². The second kappa shape index (κ2) is 7.97. The molecule has 0 unspecified atom stereocenters. The summed E-state index contributed by atoms with van der Waals surface area (Å²) in [4.78, 5) is 15.7. The van der Waals surface area contributed by atoms with E-state index in [1.807, 2.05) is 18.2 Å². The van der Waals surface area contributed by atoms with E-state index >= 15 is 0 Å². The van der Waals surface area contributed by atoms with E-state index in [-0.39, 0.29) is 4.88 Å². The molecule has 0 aliphatic heterocycles. The number of aromatic carboxylic acids is 1. The number of ether oxygens (including phenoxy) is 2. The van der Waals surface area contributed by atoms with Crippen LogP contribution in [-0.2, 0) is 0 Å². The molecule has 0 radical (unpaired) electrons. The number of unbranched alkanes of at least 4 members (excludes halogenated alkanes) is 2. The van der Waals surface area contributed by atoms with Gasteiger partial charge in [0, 0.05) is 5.56 Å². The van der Waals surface area contributed by atoms with Crippen LogP contribution in [0.25, 0.3) is 10.6 Å². The van der Waals surface area contributed by atoms with Crippen molar-refractivity contribution in [3.63, 3.8) is 0 Å². The average Bonchev–Trinajstić information content (AvgIpc) is 2.93. The van der Waals surface area contributed by atoms with Crippen molar-refractivity contribution >= 4 is 17.3 Å². The normalized spacial score (nSPS) is 10.6. The van der Waals surface area contributed by atoms with Gasteiger partial charge in [0.2, 0.25) is 0 Å². The van der Waals surface area contributed by atoms with Crippen LogP contribution >= 0.6 is 11.3 Å². The summed E-state index contributed by atoms with van der Waals surface area (Å²) in [6.07, 6.45) is 3.29. The number of methoxy groups -OCH3 is 1. The van der Waals surface area contributed by atoms with Gasteiger partial charge in [0.15, 0.2) is 11.5 Å². The summed E-state index contributed by atoms with van der Waals surface area (Å²) in [7, 11) is 1.59. The molecule has 5 nitrogen and oxygen atoms in total. The highest BCUT2D eigenvalue weighted by Gasteiger charge is 2.16. The van der Waals surface area contributed by atoms with Crippen molar-refractivity contribution < 1.29 is 19.4 Å². The summed E-state index contributed by atoms with van der Waals surface area (Å²) in [5.74, 6) is 0.372. The number of carbonyl (C=O) groups is 1. The number of aromatic nitrogens is 1. The maximum Gasteiger partial charge on any atom is 0.347 e. The fourth-order valence-electron chi connectivity index (χ4n) is 2.17. The van der Waals surface area contributed by atoms with Gasteiger partial charge in [-0.05, 0) is 31.5 Å². The highest BCUT2D eigenvalue weighted by molar-refractivity contribution is 7.17. The van der Waals surface area contributed by atoms with Gasteiger partial charge in [0.25, 0.3) is 0 Å². The predicted molar refractivity (Wildman–Crippen MR) is 90.8 cm³/mol. The third-order valence-electron chi connectivity index (χ3n) is 3.41. The largest absolute Gasteiger partial charge is 0.493 e. The highest BCUT2D eigenvalue weighted by atomic mass is 32.1. The molecule has 0 aliphatic carbocycles. The first-order valence-corrected chi connectivity index (χ1v) is 8.40. The van der Waals surface area contributed by atoms with Crippen LogP contribution in [0.5, 0.6) is 11.5 Å². The van der Waals surface area contributed by atoms with Gasteiger partial charge in [-0.2, -0.15) is 0 Å². The molecule has 0 saturated heterocycles. The Kier molecular flexibility index (Phi) is 5.98. The van der Waals surface area contributed by atoms with Crippen LogP contribution in [0.2, 0.25) is 0 Å².